The highest BCUT2D eigenvalue weighted by Crippen LogP contribution is 2.53. The smallest absolute Gasteiger partial charge is 0.413 e. The van der Waals surface area contributed by atoms with Crippen molar-refractivity contribution in [3.05, 3.63) is 164 Å². The van der Waals surface area contributed by atoms with Crippen molar-refractivity contribution in [1.82, 2.24) is 0 Å². The Balaban J connectivity index is 1.44. The summed E-state index contributed by atoms with van der Waals surface area (Å²) in [6.07, 6.45) is 0. The summed E-state index contributed by atoms with van der Waals surface area (Å²) in [6, 6.07) is 31.7. The van der Waals surface area contributed by atoms with Crippen LogP contribution in [0.4, 0.5) is 0 Å². The maximum Gasteiger partial charge on any atom is 0.462 e. The van der Waals surface area contributed by atoms with Crippen molar-refractivity contribution >= 4 is 25.8 Å². The predicted molar refractivity (Wildman–Crippen MR) is 287 cm³/mol. The molecule has 0 aliphatic rings. The van der Waals surface area contributed by atoms with Crippen LogP contribution in [0.3, 0.4) is 0 Å². The van der Waals surface area contributed by atoms with Gasteiger partial charge in [-0.25, -0.2) is 9.13 Å². The van der Waals surface area contributed by atoms with Crippen molar-refractivity contribution < 1.29 is 27.2 Å². The number of rotatable bonds is 11. The Morgan fingerprint density at radius 2 is 0.500 bits per heavy atom. The van der Waals surface area contributed by atoms with E-state index in [0.717, 1.165) is 77.9 Å². The summed E-state index contributed by atoms with van der Waals surface area (Å²) in [5.74, 6) is 2.11. The van der Waals surface area contributed by atoms with Gasteiger partial charge < -0.3 is 18.1 Å². The molecule has 0 fully saturated rings. The van der Waals surface area contributed by atoms with Gasteiger partial charge in [-0.05, 0) is 203 Å². The third-order valence-electron chi connectivity index (χ3n) is 13.5. The SMILES string of the molecule is Cc1cc(C(C)(C)C)cc(OP(=O)(Oc2cc(C(C)(C)C)cc(C)c2C)c2ccc(-c3ccc(P(=O)(Oc4cc(C(C)(C)C)cc(C)c4C)Oc4cc(C(C)(C)C)cc(C)c4C)cc3)cc2)c1C. The average Bonchev–Trinajstić information content (AvgIpc) is 3.23. The van der Waals surface area contributed by atoms with Crippen LogP contribution in [-0.2, 0) is 30.8 Å². The first-order valence-corrected chi connectivity index (χ1v) is 27.0. The molecule has 0 saturated heterocycles. The van der Waals surface area contributed by atoms with Crippen molar-refractivity contribution in [2.75, 3.05) is 0 Å². The zero-order valence-electron chi connectivity index (χ0n) is 44.6. The van der Waals surface area contributed by atoms with Gasteiger partial charge in [-0.1, -0.05) is 132 Å². The van der Waals surface area contributed by atoms with E-state index in [0.29, 0.717) is 33.6 Å². The molecule has 362 valence electrons. The molecule has 0 radical (unpaired) electrons. The van der Waals surface area contributed by atoms with Crippen molar-refractivity contribution in [2.24, 2.45) is 0 Å². The highest BCUT2D eigenvalue weighted by molar-refractivity contribution is 7.63. The Morgan fingerprint density at radius 3 is 0.676 bits per heavy atom. The normalized spacial score (nSPS) is 12.8. The summed E-state index contributed by atoms with van der Waals surface area (Å²) in [6.45, 7) is 42.1. The third kappa shape index (κ3) is 11.4. The summed E-state index contributed by atoms with van der Waals surface area (Å²) in [5.41, 5.74) is 13.2. The standard InChI is InChI=1S/C60H76O6P2/c1-37-29-47(57(9,10)11)33-53(41(37)5)63-67(61,64-54-34-48(58(12,13)14)30-38(2)42(54)6)51-25-21-45(22-26-51)46-23-27-52(28-24-46)68(62,65-55-35-49(59(15,16)17)31-39(3)43(55)7)66-56-36-50(60(18,19)20)32-40(4)44(56)8/h21-36H,1-20H3. The average molecular weight is 955 g/mol. The second-order valence-corrected chi connectivity index (χ2v) is 26.9. The molecule has 6 aromatic carbocycles. The van der Waals surface area contributed by atoms with Gasteiger partial charge in [0.1, 0.15) is 23.0 Å². The van der Waals surface area contributed by atoms with E-state index >= 15 is 9.13 Å². The van der Waals surface area contributed by atoms with Gasteiger partial charge in [-0.2, -0.15) is 0 Å². The molecule has 0 bridgehead atoms. The second kappa shape index (κ2) is 18.7. The van der Waals surface area contributed by atoms with Crippen molar-refractivity contribution in [3.63, 3.8) is 0 Å². The van der Waals surface area contributed by atoms with Crippen LogP contribution < -0.4 is 28.7 Å². The lowest BCUT2D eigenvalue weighted by Gasteiger charge is -2.27. The van der Waals surface area contributed by atoms with Crippen LogP contribution in [0, 0.1) is 55.4 Å². The molecule has 0 amide bonds. The van der Waals surface area contributed by atoms with Crippen LogP contribution in [-0.4, -0.2) is 0 Å². The van der Waals surface area contributed by atoms with E-state index < -0.39 is 15.2 Å². The molecular formula is C60H76O6P2. The molecule has 0 aromatic heterocycles. The molecule has 0 aliphatic heterocycles. The first-order chi connectivity index (χ1) is 31.2. The van der Waals surface area contributed by atoms with Crippen molar-refractivity contribution in [3.8, 4) is 34.1 Å². The van der Waals surface area contributed by atoms with E-state index in [2.05, 4.69) is 135 Å². The topological polar surface area (TPSA) is 71.1 Å². The van der Waals surface area contributed by atoms with E-state index in [-0.39, 0.29) is 21.7 Å². The Morgan fingerprint density at radius 1 is 0.309 bits per heavy atom. The summed E-state index contributed by atoms with van der Waals surface area (Å²) in [4.78, 5) is 0. The molecular weight excluding hydrogens is 879 g/mol. The van der Waals surface area contributed by atoms with Crippen molar-refractivity contribution in [2.45, 2.75) is 160 Å². The van der Waals surface area contributed by atoms with Crippen LogP contribution in [0.1, 0.15) is 150 Å². The zero-order valence-corrected chi connectivity index (χ0v) is 46.4. The molecule has 8 heteroatoms. The first-order valence-electron chi connectivity index (χ1n) is 23.9. The summed E-state index contributed by atoms with van der Waals surface area (Å²) in [7, 11) is -8.15. The quantitative estimate of drug-likeness (QED) is 0.121. The molecule has 6 aromatic rings. The van der Waals surface area contributed by atoms with Crippen molar-refractivity contribution in [1.29, 1.82) is 0 Å². The highest BCUT2D eigenvalue weighted by atomic mass is 31.2. The fourth-order valence-corrected chi connectivity index (χ4v) is 11.2. The monoisotopic (exact) mass is 955 g/mol. The lowest BCUT2D eigenvalue weighted by molar-refractivity contribution is 0.394. The molecule has 6 nitrogen and oxygen atoms in total. The molecule has 0 atom stereocenters. The van der Waals surface area contributed by atoms with Gasteiger partial charge in [0.25, 0.3) is 0 Å². The maximum atomic E-state index is 15.6. The lowest BCUT2D eigenvalue weighted by atomic mass is 9.85. The van der Waals surface area contributed by atoms with Crippen LogP contribution in [0.5, 0.6) is 23.0 Å². The molecule has 0 saturated carbocycles. The first kappa shape index (κ1) is 52.4. The third-order valence-corrected chi connectivity index (χ3v) is 17.1. The largest absolute Gasteiger partial charge is 0.462 e. The van der Waals surface area contributed by atoms with E-state index in [1.165, 1.54) is 0 Å². The summed E-state index contributed by atoms with van der Waals surface area (Å²) < 4.78 is 58.1. The summed E-state index contributed by atoms with van der Waals surface area (Å²) in [5, 5.41) is 0.846. The number of hydrogen-bond donors (Lipinski definition) is 0. The van der Waals surface area contributed by atoms with Crippen LogP contribution in [0.15, 0.2) is 97.1 Å². The van der Waals surface area contributed by atoms with Gasteiger partial charge in [0.2, 0.25) is 0 Å². The number of hydrogen-bond acceptors (Lipinski definition) is 6. The fourth-order valence-electron chi connectivity index (χ4n) is 7.86. The molecule has 0 unspecified atom stereocenters. The lowest BCUT2D eigenvalue weighted by Crippen LogP contribution is -2.18. The minimum absolute atomic E-state index is 0.163. The molecule has 0 heterocycles. The summed E-state index contributed by atoms with van der Waals surface area (Å²) >= 11 is 0. The van der Waals surface area contributed by atoms with Crippen LogP contribution in [0.25, 0.3) is 11.1 Å². The molecule has 68 heavy (non-hydrogen) atoms. The van der Waals surface area contributed by atoms with Gasteiger partial charge in [-0.3, -0.25) is 0 Å². The fraction of sp³-hybridized carbons (Fsp3) is 0.400. The Kier molecular flexibility index (Phi) is 14.4. The van der Waals surface area contributed by atoms with Crippen LogP contribution in [0.2, 0.25) is 0 Å². The minimum atomic E-state index is -4.08. The number of benzene rings is 6. The Hall–Kier alpha value is -5.02. The highest BCUT2D eigenvalue weighted by Gasteiger charge is 2.36. The van der Waals surface area contributed by atoms with Crippen LogP contribution >= 0.6 is 15.2 Å². The second-order valence-electron chi connectivity index (χ2n) is 23.1. The van der Waals surface area contributed by atoms with E-state index in [1.807, 2.05) is 100 Å². The zero-order chi connectivity index (χ0) is 50.7. The van der Waals surface area contributed by atoms with Gasteiger partial charge >= 0.3 is 15.2 Å². The minimum Gasteiger partial charge on any atom is -0.413 e. The van der Waals surface area contributed by atoms with Gasteiger partial charge in [-0.15, -0.1) is 0 Å². The Bertz CT molecular complexity index is 2600. The number of aryl methyl sites for hydroxylation is 4. The van der Waals surface area contributed by atoms with E-state index in [4.69, 9.17) is 18.1 Å². The molecule has 0 N–H and O–H groups in total. The molecule has 0 spiro atoms. The van der Waals surface area contributed by atoms with E-state index in [1.54, 1.807) is 0 Å². The van der Waals surface area contributed by atoms with Gasteiger partial charge in [0.05, 0.1) is 10.6 Å². The molecule has 0 aliphatic carbocycles. The Labute approximate surface area is 409 Å². The van der Waals surface area contributed by atoms with E-state index in [9.17, 15) is 0 Å². The molecule has 6 rings (SSSR count). The maximum absolute atomic E-state index is 15.6. The predicted octanol–water partition coefficient (Wildman–Crippen LogP) is 17.0. The van der Waals surface area contributed by atoms with Gasteiger partial charge in [0.15, 0.2) is 0 Å². The van der Waals surface area contributed by atoms with Gasteiger partial charge in [0, 0.05) is 0 Å².